The molecule has 0 radical (unpaired) electrons. The Morgan fingerprint density at radius 2 is 2.00 bits per heavy atom. The molecule has 3 rings (SSSR count). The van der Waals surface area contributed by atoms with E-state index in [4.69, 9.17) is 4.74 Å². The van der Waals surface area contributed by atoms with E-state index in [9.17, 15) is 19.2 Å². The Kier molecular flexibility index (Phi) is 6.36. The van der Waals surface area contributed by atoms with Gasteiger partial charge in [0.15, 0.2) is 6.10 Å². The van der Waals surface area contributed by atoms with E-state index in [0.717, 1.165) is 37.0 Å². The average molecular weight is 391 g/mol. The Bertz CT molecular complexity index is 681. The zero-order valence-electron chi connectivity index (χ0n) is 16.4. The van der Waals surface area contributed by atoms with Crippen molar-refractivity contribution in [2.45, 2.75) is 76.4 Å². The molecule has 1 atom stereocenters. The molecule has 1 heterocycles. The Balaban J connectivity index is 1.42. The van der Waals surface area contributed by atoms with Gasteiger partial charge in [0.05, 0.1) is 0 Å². The molecule has 2 N–H and O–H groups in total. The molecular formula is C20H29N3O5. The van der Waals surface area contributed by atoms with E-state index in [-0.39, 0.29) is 11.8 Å². The van der Waals surface area contributed by atoms with E-state index < -0.39 is 30.2 Å². The molecule has 0 aromatic rings. The minimum Gasteiger partial charge on any atom is -0.451 e. The molecule has 1 saturated heterocycles. The van der Waals surface area contributed by atoms with Gasteiger partial charge in [0.25, 0.3) is 11.8 Å². The van der Waals surface area contributed by atoms with Gasteiger partial charge in [-0.15, -0.1) is 0 Å². The molecule has 28 heavy (non-hydrogen) atoms. The molecule has 0 aromatic heterocycles. The monoisotopic (exact) mass is 391 g/mol. The number of rotatable bonds is 7. The molecule has 2 fully saturated rings. The minimum absolute atomic E-state index is 0.371. The van der Waals surface area contributed by atoms with Crippen molar-refractivity contribution >= 4 is 23.8 Å². The van der Waals surface area contributed by atoms with Gasteiger partial charge in [-0.25, -0.2) is 4.79 Å². The number of hydrogen-bond donors (Lipinski definition) is 2. The number of ether oxygens (including phenoxy) is 1. The van der Waals surface area contributed by atoms with Gasteiger partial charge >= 0.3 is 12.0 Å². The predicted molar refractivity (Wildman–Crippen MR) is 101 cm³/mol. The van der Waals surface area contributed by atoms with Gasteiger partial charge in [-0.2, -0.15) is 0 Å². The Morgan fingerprint density at radius 3 is 2.68 bits per heavy atom. The van der Waals surface area contributed by atoms with Crippen molar-refractivity contribution in [3.8, 4) is 0 Å². The molecule has 1 saturated carbocycles. The van der Waals surface area contributed by atoms with Crippen LogP contribution in [0, 0.1) is 0 Å². The molecule has 0 bridgehead atoms. The zero-order valence-corrected chi connectivity index (χ0v) is 16.4. The first-order valence-electron chi connectivity index (χ1n) is 10.2. The van der Waals surface area contributed by atoms with Crippen LogP contribution in [0.5, 0.6) is 0 Å². The second-order valence-corrected chi connectivity index (χ2v) is 7.89. The van der Waals surface area contributed by atoms with Crippen LogP contribution in [-0.4, -0.2) is 53.4 Å². The lowest BCUT2D eigenvalue weighted by Gasteiger charge is -2.20. The van der Waals surface area contributed by atoms with Crippen LogP contribution in [0.3, 0.4) is 0 Å². The van der Waals surface area contributed by atoms with Gasteiger partial charge in [0.2, 0.25) is 0 Å². The Hall–Kier alpha value is -2.38. The fourth-order valence-corrected chi connectivity index (χ4v) is 4.18. The molecular weight excluding hydrogens is 362 g/mol. The number of amides is 4. The van der Waals surface area contributed by atoms with Crippen LogP contribution in [0.25, 0.3) is 0 Å². The molecule has 3 aliphatic rings. The smallest absolute Gasteiger partial charge is 0.327 e. The molecule has 8 heteroatoms. The highest BCUT2D eigenvalue weighted by molar-refractivity contribution is 6.08. The fraction of sp³-hybridized carbons (Fsp3) is 0.700. The number of imide groups is 1. The molecule has 1 aliphatic heterocycles. The van der Waals surface area contributed by atoms with Crippen LogP contribution < -0.4 is 10.6 Å². The lowest BCUT2D eigenvalue weighted by molar-refractivity contribution is -0.156. The summed E-state index contributed by atoms with van der Waals surface area (Å²) in [5.41, 5.74) is 0.504. The molecule has 154 valence electrons. The first-order chi connectivity index (χ1) is 13.4. The van der Waals surface area contributed by atoms with Crippen molar-refractivity contribution in [2.24, 2.45) is 0 Å². The lowest BCUT2D eigenvalue weighted by Crippen LogP contribution is -2.45. The third-order valence-electron chi connectivity index (χ3n) is 5.80. The summed E-state index contributed by atoms with van der Waals surface area (Å²) in [6.45, 7) is 1.51. The number of hydrogen-bond acceptors (Lipinski definition) is 5. The van der Waals surface area contributed by atoms with Gasteiger partial charge in [-0.05, 0) is 51.9 Å². The second kappa shape index (κ2) is 8.75. The van der Waals surface area contributed by atoms with Crippen LogP contribution in [0.2, 0.25) is 0 Å². The van der Waals surface area contributed by atoms with E-state index in [1.807, 2.05) is 0 Å². The quantitative estimate of drug-likeness (QED) is 0.391. The van der Waals surface area contributed by atoms with Gasteiger partial charge in [0, 0.05) is 6.54 Å². The van der Waals surface area contributed by atoms with Crippen molar-refractivity contribution in [3.05, 3.63) is 11.6 Å². The van der Waals surface area contributed by atoms with E-state index in [2.05, 4.69) is 16.7 Å². The number of nitrogens with zero attached hydrogens (tertiary/aromatic N) is 1. The molecule has 0 aromatic carbocycles. The first kappa shape index (κ1) is 20.4. The topological polar surface area (TPSA) is 105 Å². The van der Waals surface area contributed by atoms with Crippen LogP contribution >= 0.6 is 0 Å². The summed E-state index contributed by atoms with van der Waals surface area (Å²) in [5, 5.41) is 5.48. The molecule has 1 spiro atoms. The van der Waals surface area contributed by atoms with Gasteiger partial charge in [-0.3, -0.25) is 19.3 Å². The molecule has 2 aliphatic carbocycles. The van der Waals surface area contributed by atoms with Crippen LogP contribution in [0.1, 0.15) is 64.7 Å². The highest BCUT2D eigenvalue weighted by Crippen LogP contribution is 2.34. The van der Waals surface area contributed by atoms with Crippen LogP contribution in [0.4, 0.5) is 4.79 Å². The SMILES string of the molecule is C[C@H](OC(=O)CN1C(=O)NC2(CCCC2)C1=O)C(=O)NCCC1=CCCCC1. The van der Waals surface area contributed by atoms with E-state index >= 15 is 0 Å². The van der Waals surface area contributed by atoms with Crippen molar-refractivity contribution in [1.29, 1.82) is 0 Å². The number of esters is 1. The number of allylic oxidation sites excluding steroid dienone is 1. The minimum atomic E-state index is -0.978. The summed E-state index contributed by atoms with van der Waals surface area (Å²) in [6, 6.07) is -0.568. The summed E-state index contributed by atoms with van der Waals surface area (Å²) >= 11 is 0. The summed E-state index contributed by atoms with van der Waals surface area (Å²) in [7, 11) is 0. The summed E-state index contributed by atoms with van der Waals surface area (Å²) in [6.07, 6.45) is 9.59. The van der Waals surface area contributed by atoms with E-state index in [1.165, 1.54) is 25.3 Å². The second-order valence-electron chi connectivity index (χ2n) is 7.89. The van der Waals surface area contributed by atoms with Crippen molar-refractivity contribution in [3.63, 3.8) is 0 Å². The molecule has 0 unspecified atom stereocenters. The summed E-state index contributed by atoms with van der Waals surface area (Å²) in [4.78, 5) is 49.8. The van der Waals surface area contributed by atoms with Gasteiger partial charge < -0.3 is 15.4 Å². The standard InChI is InChI=1S/C20H29N3O5/c1-14(17(25)21-12-9-15-7-3-2-4-8-15)28-16(24)13-23-18(26)20(22-19(23)27)10-5-6-11-20/h7,14H,2-6,8-13H2,1H3,(H,21,25)(H,22,27)/t14-/m0/s1. The van der Waals surface area contributed by atoms with E-state index in [1.54, 1.807) is 0 Å². The number of nitrogens with one attached hydrogen (secondary N) is 2. The van der Waals surface area contributed by atoms with Crippen molar-refractivity contribution < 1.29 is 23.9 Å². The largest absolute Gasteiger partial charge is 0.451 e. The number of urea groups is 1. The average Bonchev–Trinajstić information content (AvgIpc) is 3.23. The molecule has 8 nitrogen and oxygen atoms in total. The first-order valence-corrected chi connectivity index (χ1v) is 10.2. The number of carbonyl (C=O) groups is 4. The maximum Gasteiger partial charge on any atom is 0.327 e. The van der Waals surface area contributed by atoms with Gasteiger partial charge in [-0.1, -0.05) is 24.5 Å². The van der Waals surface area contributed by atoms with Crippen LogP contribution in [-0.2, 0) is 19.1 Å². The summed E-state index contributed by atoms with van der Waals surface area (Å²) < 4.78 is 5.12. The zero-order chi connectivity index (χ0) is 20.1. The van der Waals surface area contributed by atoms with Crippen molar-refractivity contribution in [1.82, 2.24) is 15.5 Å². The third-order valence-corrected chi connectivity index (χ3v) is 5.80. The van der Waals surface area contributed by atoms with Crippen molar-refractivity contribution in [2.75, 3.05) is 13.1 Å². The number of carbonyl (C=O) groups excluding carboxylic acids is 4. The summed E-state index contributed by atoms with van der Waals surface area (Å²) in [5.74, 6) is -1.52. The third kappa shape index (κ3) is 4.54. The maximum absolute atomic E-state index is 12.5. The Morgan fingerprint density at radius 1 is 1.25 bits per heavy atom. The fourth-order valence-electron chi connectivity index (χ4n) is 4.18. The lowest BCUT2D eigenvalue weighted by atomic mass is 9.97. The van der Waals surface area contributed by atoms with Gasteiger partial charge in [0.1, 0.15) is 12.1 Å². The highest BCUT2D eigenvalue weighted by atomic mass is 16.5. The normalized spacial score (nSPS) is 22.0. The molecule has 4 amide bonds. The Labute approximate surface area is 165 Å². The van der Waals surface area contributed by atoms with E-state index in [0.29, 0.717) is 19.4 Å². The highest BCUT2D eigenvalue weighted by Gasteiger charge is 2.52. The van der Waals surface area contributed by atoms with Crippen LogP contribution in [0.15, 0.2) is 11.6 Å². The maximum atomic E-state index is 12.5. The predicted octanol–water partition coefficient (Wildman–Crippen LogP) is 1.79.